The molecule has 18 heavy (non-hydrogen) atoms. The second kappa shape index (κ2) is 5.26. The lowest BCUT2D eigenvalue weighted by Crippen LogP contribution is -2.53. The predicted molar refractivity (Wildman–Crippen MR) is 68.8 cm³/mol. The number of nitrogens with two attached hydrogens (primary N) is 1. The minimum Gasteiger partial charge on any atom is -0.349 e. The third-order valence-electron chi connectivity index (χ3n) is 4.31. The van der Waals surface area contributed by atoms with Crippen molar-refractivity contribution in [2.75, 3.05) is 19.6 Å². The normalized spacial score (nSPS) is 26.7. The van der Waals surface area contributed by atoms with E-state index < -0.39 is 0 Å². The minimum absolute atomic E-state index is 0.00616. The van der Waals surface area contributed by atoms with Crippen molar-refractivity contribution in [2.45, 2.75) is 44.6 Å². The summed E-state index contributed by atoms with van der Waals surface area (Å²) in [5.41, 5.74) is 5.60. The zero-order valence-corrected chi connectivity index (χ0v) is 11.1. The largest absolute Gasteiger partial charge is 0.349 e. The Hall–Kier alpha value is -1.10. The summed E-state index contributed by atoms with van der Waals surface area (Å²) in [5, 5.41) is 3.11. The molecule has 2 rings (SSSR count). The van der Waals surface area contributed by atoms with Gasteiger partial charge in [0.2, 0.25) is 11.8 Å². The van der Waals surface area contributed by atoms with Gasteiger partial charge in [0, 0.05) is 26.1 Å². The fourth-order valence-corrected chi connectivity index (χ4v) is 3.05. The fraction of sp³-hybridized carbons (Fsp3) is 0.846. The molecule has 1 atom stereocenters. The molecule has 1 saturated heterocycles. The van der Waals surface area contributed by atoms with Gasteiger partial charge in [-0.05, 0) is 19.8 Å². The van der Waals surface area contributed by atoms with Crippen molar-refractivity contribution >= 4 is 11.8 Å². The average Bonchev–Trinajstić information content (AvgIpc) is 2.96. The number of rotatable bonds is 4. The molecule has 1 saturated carbocycles. The first-order chi connectivity index (χ1) is 8.60. The third-order valence-corrected chi connectivity index (χ3v) is 4.31. The average molecular weight is 253 g/mol. The highest BCUT2D eigenvalue weighted by molar-refractivity contribution is 5.89. The van der Waals surface area contributed by atoms with Crippen LogP contribution in [0.5, 0.6) is 0 Å². The van der Waals surface area contributed by atoms with Crippen LogP contribution in [0.4, 0.5) is 0 Å². The summed E-state index contributed by atoms with van der Waals surface area (Å²) in [6.07, 6.45) is 4.53. The SMILES string of the molecule is CCN1CC(C(=O)NC2(CN)CCCC2)CC1=O. The Balaban J connectivity index is 1.94. The summed E-state index contributed by atoms with van der Waals surface area (Å²) in [7, 11) is 0. The van der Waals surface area contributed by atoms with Gasteiger partial charge in [-0.15, -0.1) is 0 Å². The molecular weight excluding hydrogens is 230 g/mol. The van der Waals surface area contributed by atoms with E-state index >= 15 is 0 Å². The lowest BCUT2D eigenvalue weighted by molar-refractivity contribution is -0.129. The van der Waals surface area contributed by atoms with E-state index in [2.05, 4.69) is 5.32 Å². The number of carbonyl (C=O) groups is 2. The van der Waals surface area contributed by atoms with Gasteiger partial charge in [0.25, 0.3) is 0 Å². The van der Waals surface area contributed by atoms with Crippen molar-refractivity contribution in [3.63, 3.8) is 0 Å². The molecule has 1 aliphatic heterocycles. The van der Waals surface area contributed by atoms with Gasteiger partial charge in [-0.3, -0.25) is 9.59 Å². The van der Waals surface area contributed by atoms with Gasteiger partial charge in [-0.25, -0.2) is 0 Å². The molecule has 0 aromatic carbocycles. The number of nitrogens with one attached hydrogen (secondary N) is 1. The molecule has 2 aliphatic rings. The molecule has 0 radical (unpaired) electrons. The van der Waals surface area contributed by atoms with E-state index in [-0.39, 0.29) is 23.3 Å². The van der Waals surface area contributed by atoms with Crippen molar-refractivity contribution in [1.29, 1.82) is 0 Å². The van der Waals surface area contributed by atoms with E-state index in [1.165, 1.54) is 0 Å². The van der Waals surface area contributed by atoms with E-state index in [1.54, 1.807) is 4.90 Å². The molecule has 5 heteroatoms. The number of hydrogen-bond acceptors (Lipinski definition) is 3. The monoisotopic (exact) mass is 253 g/mol. The maximum atomic E-state index is 12.2. The molecule has 2 amide bonds. The van der Waals surface area contributed by atoms with Crippen LogP contribution >= 0.6 is 0 Å². The quantitative estimate of drug-likeness (QED) is 0.753. The van der Waals surface area contributed by atoms with E-state index in [9.17, 15) is 9.59 Å². The Morgan fingerprint density at radius 3 is 2.67 bits per heavy atom. The first-order valence-electron chi connectivity index (χ1n) is 6.90. The molecule has 0 bridgehead atoms. The Bertz CT molecular complexity index is 337. The number of amides is 2. The van der Waals surface area contributed by atoms with Gasteiger partial charge in [-0.2, -0.15) is 0 Å². The standard InChI is InChI=1S/C13H23N3O2/c1-2-16-8-10(7-11(16)17)12(18)15-13(9-14)5-3-4-6-13/h10H,2-9,14H2,1H3,(H,15,18). The number of nitrogens with zero attached hydrogens (tertiary/aromatic N) is 1. The van der Waals surface area contributed by atoms with Gasteiger partial charge >= 0.3 is 0 Å². The Morgan fingerprint density at radius 2 is 2.17 bits per heavy atom. The van der Waals surface area contributed by atoms with Crippen molar-refractivity contribution in [1.82, 2.24) is 10.2 Å². The lowest BCUT2D eigenvalue weighted by Gasteiger charge is -2.30. The van der Waals surface area contributed by atoms with Crippen LogP contribution < -0.4 is 11.1 Å². The number of likely N-dealkylation sites (tertiary alicyclic amines) is 1. The zero-order chi connectivity index (χ0) is 13.2. The van der Waals surface area contributed by atoms with Gasteiger partial charge in [0.1, 0.15) is 0 Å². The van der Waals surface area contributed by atoms with Gasteiger partial charge in [-0.1, -0.05) is 12.8 Å². The molecule has 1 heterocycles. The summed E-state index contributed by atoms with van der Waals surface area (Å²) < 4.78 is 0. The summed E-state index contributed by atoms with van der Waals surface area (Å²) >= 11 is 0. The summed E-state index contributed by atoms with van der Waals surface area (Å²) in [4.78, 5) is 25.6. The Morgan fingerprint density at radius 1 is 1.50 bits per heavy atom. The second-order valence-corrected chi connectivity index (χ2v) is 5.51. The van der Waals surface area contributed by atoms with Gasteiger partial charge < -0.3 is 16.0 Å². The summed E-state index contributed by atoms with van der Waals surface area (Å²) in [6, 6.07) is 0. The molecule has 1 unspecified atom stereocenters. The second-order valence-electron chi connectivity index (χ2n) is 5.51. The highest BCUT2D eigenvalue weighted by Gasteiger charge is 2.39. The predicted octanol–water partition coefficient (Wildman–Crippen LogP) is 0.243. The highest BCUT2D eigenvalue weighted by atomic mass is 16.2. The molecule has 102 valence electrons. The van der Waals surface area contributed by atoms with Crippen LogP contribution in [0.15, 0.2) is 0 Å². The van der Waals surface area contributed by atoms with E-state index in [1.807, 2.05) is 6.92 Å². The molecular formula is C13H23N3O2. The van der Waals surface area contributed by atoms with Crippen LogP contribution in [0.3, 0.4) is 0 Å². The Labute approximate surface area is 108 Å². The van der Waals surface area contributed by atoms with Crippen LogP contribution in [-0.2, 0) is 9.59 Å². The lowest BCUT2D eigenvalue weighted by atomic mass is 9.96. The third kappa shape index (κ3) is 2.51. The van der Waals surface area contributed by atoms with Crippen LogP contribution in [0.1, 0.15) is 39.0 Å². The first-order valence-corrected chi connectivity index (χ1v) is 6.90. The Kier molecular flexibility index (Phi) is 3.90. The maximum absolute atomic E-state index is 12.2. The topological polar surface area (TPSA) is 75.4 Å². The fourth-order valence-electron chi connectivity index (χ4n) is 3.05. The van der Waals surface area contributed by atoms with Gasteiger partial charge in [0.05, 0.1) is 11.5 Å². The molecule has 0 aromatic rings. The van der Waals surface area contributed by atoms with Crippen LogP contribution in [0.25, 0.3) is 0 Å². The van der Waals surface area contributed by atoms with Crippen molar-refractivity contribution in [2.24, 2.45) is 11.7 Å². The maximum Gasteiger partial charge on any atom is 0.225 e. The minimum atomic E-state index is -0.209. The van der Waals surface area contributed by atoms with Crippen LogP contribution in [0, 0.1) is 5.92 Å². The van der Waals surface area contributed by atoms with E-state index in [0.29, 0.717) is 26.1 Å². The van der Waals surface area contributed by atoms with E-state index in [4.69, 9.17) is 5.73 Å². The van der Waals surface area contributed by atoms with Crippen LogP contribution in [0.2, 0.25) is 0 Å². The first kappa shape index (κ1) is 13.3. The molecule has 2 fully saturated rings. The molecule has 3 N–H and O–H groups in total. The zero-order valence-electron chi connectivity index (χ0n) is 11.1. The summed E-state index contributed by atoms with van der Waals surface area (Å²) in [6.45, 7) is 3.68. The van der Waals surface area contributed by atoms with Crippen LogP contribution in [-0.4, -0.2) is 41.9 Å². The molecule has 0 spiro atoms. The van der Waals surface area contributed by atoms with Gasteiger partial charge in [0.15, 0.2) is 0 Å². The molecule has 5 nitrogen and oxygen atoms in total. The van der Waals surface area contributed by atoms with Crippen molar-refractivity contribution < 1.29 is 9.59 Å². The highest BCUT2D eigenvalue weighted by Crippen LogP contribution is 2.29. The summed E-state index contributed by atoms with van der Waals surface area (Å²) in [5.74, 6) is -0.0982. The molecule has 1 aliphatic carbocycles. The van der Waals surface area contributed by atoms with Crippen molar-refractivity contribution in [3.05, 3.63) is 0 Å². The molecule has 0 aromatic heterocycles. The number of carbonyl (C=O) groups excluding carboxylic acids is 2. The smallest absolute Gasteiger partial charge is 0.225 e. The van der Waals surface area contributed by atoms with Crippen molar-refractivity contribution in [3.8, 4) is 0 Å². The number of hydrogen-bond donors (Lipinski definition) is 2. The van der Waals surface area contributed by atoms with E-state index in [0.717, 1.165) is 25.7 Å².